The smallest absolute Gasteiger partial charge is 0.320 e. The van der Waals surface area contributed by atoms with Crippen LogP contribution < -0.4 is 5.32 Å². The van der Waals surface area contributed by atoms with Crippen molar-refractivity contribution in [2.24, 2.45) is 7.05 Å². The largest absolute Gasteiger partial charge is 0.436 e. The van der Waals surface area contributed by atoms with Gasteiger partial charge in [0.05, 0.1) is 4.92 Å². The Morgan fingerprint density at radius 2 is 2.04 bits per heavy atom. The number of nitrogens with one attached hydrogen (secondary N) is 1. The predicted molar refractivity (Wildman–Crippen MR) is 79.0 cm³/mol. The summed E-state index contributed by atoms with van der Waals surface area (Å²) in [6.07, 6.45) is -4.79. The average molecular weight is 363 g/mol. The van der Waals surface area contributed by atoms with Gasteiger partial charge in [-0.15, -0.1) is 0 Å². The number of nitrogens with zero attached hydrogens (tertiary/aromatic N) is 3. The second-order valence-electron chi connectivity index (χ2n) is 4.84. The molecule has 0 radical (unpaired) electrons. The summed E-state index contributed by atoms with van der Waals surface area (Å²) >= 11 is 5.63. The van der Waals surface area contributed by atoms with E-state index < -0.39 is 33.4 Å². The van der Waals surface area contributed by atoms with E-state index in [9.17, 15) is 28.1 Å². The molecule has 1 aromatic heterocycles. The van der Waals surface area contributed by atoms with E-state index in [1.165, 1.54) is 19.1 Å². The summed E-state index contributed by atoms with van der Waals surface area (Å²) in [5.74, 6) is -0.914. The van der Waals surface area contributed by atoms with Crippen LogP contribution in [0.4, 0.5) is 24.5 Å². The number of anilines is 1. The van der Waals surface area contributed by atoms with Gasteiger partial charge in [0, 0.05) is 24.9 Å². The van der Waals surface area contributed by atoms with Crippen molar-refractivity contribution in [1.82, 2.24) is 9.78 Å². The SMILES string of the molecule is Cc1cc([N+](=O)[O-])ccc1NC(=O)c1c(Cl)c(C(F)(F)F)nn1C. The van der Waals surface area contributed by atoms with Gasteiger partial charge in [0.1, 0.15) is 10.7 Å². The number of hydrogen-bond acceptors (Lipinski definition) is 4. The third kappa shape index (κ3) is 3.32. The van der Waals surface area contributed by atoms with Crippen molar-refractivity contribution in [3.05, 3.63) is 50.3 Å². The summed E-state index contributed by atoms with van der Waals surface area (Å²) in [5.41, 5.74) is -1.44. The molecule has 0 unspecified atom stereocenters. The van der Waals surface area contributed by atoms with Crippen LogP contribution >= 0.6 is 11.6 Å². The van der Waals surface area contributed by atoms with E-state index in [1.807, 2.05) is 0 Å². The Morgan fingerprint density at radius 1 is 1.42 bits per heavy atom. The molecule has 1 aromatic carbocycles. The number of non-ortho nitro benzene ring substituents is 1. The van der Waals surface area contributed by atoms with Crippen molar-refractivity contribution in [2.45, 2.75) is 13.1 Å². The molecule has 11 heteroatoms. The fourth-order valence-electron chi connectivity index (χ4n) is 2.01. The van der Waals surface area contributed by atoms with Crippen LogP contribution in [0.1, 0.15) is 21.7 Å². The number of hydrogen-bond donors (Lipinski definition) is 1. The minimum Gasteiger partial charge on any atom is -0.320 e. The first-order valence-corrected chi connectivity index (χ1v) is 6.76. The summed E-state index contributed by atoms with van der Waals surface area (Å²) < 4.78 is 39.0. The standard InChI is InChI=1S/C13H10ClF3N4O3/c1-6-5-7(21(23)24)3-4-8(6)18-12(22)10-9(14)11(13(15,16)17)19-20(10)2/h3-5H,1-2H3,(H,18,22). The molecule has 0 bridgehead atoms. The van der Waals surface area contributed by atoms with Crippen molar-refractivity contribution in [3.8, 4) is 0 Å². The molecule has 24 heavy (non-hydrogen) atoms. The Morgan fingerprint density at radius 3 is 2.50 bits per heavy atom. The molecule has 1 N–H and O–H groups in total. The van der Waals surface area contributed by atoms with Crippen molar-refractivity contribution in [2.75, 3.05) is 5.32 Å². The molecule has 0 spiro atoms. The van der Waals surface area contributed by atoms with Gasteiger partial charge in [-0.25, -0.2) is 0 Å². The number of amides is 1. The van der Waals surface area contributed by atoms with Crippen molar-refractivity contribution < 1.29 is 22.9 Å². The number of aryl methyl sites for hydroxylation is 2. The van der Waals surface area contributed by atoms with E-state index in [0.717, 1.165) is 17.8 Å². The molecule has 1 amide bonds. The van der Waals surface area contributed by atoms with Crippen LogP contribution in [0.15, 0.2) is 18.2 Å². The fourth-order valence-corrected chi connectivity index (χ4v) is 2.36. The first-order valence-electron chi connectivity index (χ1n) is 6.38. The molecule has 1 heterocycles. The normalized spacial score (nSPS) is 11.4. The Hall–Kier alpha value is -2.62. The zero-order valence-electron chi connectivity index (χ0n) is 12.3. The number of halogens is 4. The van der Waals surface area contributed by atoms with Gasteiger partial charge in [-0.05, 0) is 18.6 Å². The first-order chi connectivity index (χ1) is 11.0. The average Bonchev–Trinajstić information content (AvgIpc) is 2.76. The summed E-state index contributed by atoms with van der Waals surface area (Å²) in [4.78, 5) is 22.3. The van der Waals surface area contributed by atoms with Gasteiger partial charge in [0.25, 0.3) is 11.6 Å². The highest BCUT2D eigenvalue weighted by atomic mass is 35.5. The molecule has 128 valence electrons. The van der Waals surface area contributed by atoms with Crippen LogP contribution in [0, 0.1) is 17.0 Å². The van der Waals surface area contributed by atoms with Crippen molar-refractivity contribution in [1.29, 1.82) is 0 Å². The monoisotopic (exact) mass is 362 g/mol. The highest BCUT2D eigenvalue weighted by Crippen LogP contribution is 2.35. The number of benzene rings is 1. The Balaban J connectivity index is 2.35. The van der Waals surface area contributed by atoms with E-state index >= 15 is 0 Å². The molecule has 0 fully saturated rings. The first kappa shape index (κ1) is 17.7. The van der Waals surface area contributed by atoms with E-state index in [2.05, 4.69) is 10.4 Å². The zero-order valence-corrected chi connectivity index (χ0v) is 13.1. The number of carbonyl (C=O) groups excluding carboxylic acids is 1. The lowest BCUT2D eigenvalue weighted by molar-refractivity contribution is -0.384. The summed E-state index contributed by atoms with van der Waals surface area (Å²) in [6, 6.07) is 3.66. The molecule has 2 rings (SSSR count). The van der Waals surface area contributed by atoms with E-state index in [1.54, 1.807) is 0 Å². The molecular formula is C13H10ClF3N4O3. The topological polar surface area (TPSA) is 90.1 Å². The van der Waals surface area contributed by atoms with Crippen molar-refractivity contribution in [3.63, 3.8) is 0 Å². The minimum atomic E-state index is -4.79. The Labute approximate surface area is 138 Å². The number of alkyl halides is 3. The van der Waals surface area contributed by atoms with E-state index in [4.69, 9.17) is 11.6 Å². The number of nitro benzene ring substituents is 1. The van der Waals surface area contributed by atoms with Gasteiger partial charge < -0.3 is 5.32 Å². The van der Waals surface area contributed by atoms with Crippen LogP contribution in [0.5, 0.6) is 0 Å². The molecule has 2 aromatic rings. The lowest BCUT2D eigenvalue weighted by Gasteiger charge is -2.08. The van der Waals surface area contributed by atoms with Crippen molar-refractivity contribution >= 4 is 28.9 Å². The molecule has 7 nitrogen and oxygen atoms in total. The number of aromatic nitrogens is 2. The van der Waals surface area contributed by atoms with Crippen LogP contribution in [-0.4, -0.2) is 20.6 Å². The maximum atomic E-state index is 12.8. The third-order valence-electron chi connectivity index (χ3n) is 3.14. The minimum absolute atomic E-state index is 0.177. The van der Waals surface area contributed by atoms with Gasteiger partial charge in [-0.1, -0.05) is 11.6 Å². The van der Waals surface area contributed by atoms with Gasteiger partial charge in [0.2, 0.25) is 0 Å². The maximum Gasteiger partial charge on any atom is 0.436 e. The molecular weight excluding hydrogens is 353 g/mol. The summed E-state index contributed by atoms with van der Waals surface area (Å²) in [5, 5.41) is 15.4. The molecule has 0 saturated heterocycles. The summed E-state index contributed by atoms with van der Waals surface area (Å²) in [7, 11) is 1.15. The lowest BCUT2D eigenvalue weighted by atomic mass is 10.1. The number of rotatable bonds is 3. The number of nitro groups is 1. The Bertz CT molecular complexity index is 833. The lowest BCUT2D eigenvalue weighted by Crippen LogP contribution is -2.17. The predicted octanol–water partition coefficient (Wildman–Crippen LogP) is 3.56. The van der Waals surface area contributed by atoms with Gasteiger partial charge in [-0.2, -0.15) is 18.3 Å². The van der Waals surface area contributed by atoms with Gasteiger partial charge in [-0.3, -0.25) is 19.6 Å². The van der Waals surface area contributed by atoms with Crippen LogP contribution in [-0.2, 0) is 13.2 Å². The number of carbonyl (C=O) groups is 1. The highest BCUT2D eigenvalue weighted by Gasteiger charge is 2.39. The molecule has 0 atom stereocenters. The quantitative estimate of drug-likeness (QED) is 0.667. The second-order valence-corrected chi connectivity index (χ2v) is 5.22. The zero-order chi connectivity index (χ0) is 18.2. The van der Waals surface area contributed by atoms with Crippen LogP contribution in [0.25, 0.3) is 0 Å². The van der Waals surface area contributed by atoms with Crippen LogP contribution in [0.3, 0.4) is 0 Å². The highest BCUT2D eigenvalue weighted by molar-refractivity contribution is 6.34. The molecule has 0 aliphatic rings. The summed E-state index contributed by atoms with van der Waals surface area (Å²) in [6.45, 7) is 1.51. The van der Waals surface area contributed by atoms with E-state index in [0.29, 0.717) is 5.56 Å². The Kier molecular flexibility index (Phi) is 4.52. The van der Waals surface area contributed by atoms with Gasteiger partial charge in [0.15, 0.2) is 5.69 Å². The fraction of sp³-hybridized carbons (Fsp3) is 0.231. The molecule has 0 aliphatic carbocycles. The van der Waals surface area contributed by atoms with Crippen LogP contribution in [0.2, 0.25) is 5.02 Å². The van der Waals surface area contributed by atoms with E-state index in [-0.39, 0.29) is 11.4 Å². The maximum absolute atomic E-state index is 12.8. The third-order valence-corrected chi connectivity index (χ3v) is 3.50. The molecule has 0 aliphatic heterocycles. The van der Waals surface area contributed by atoms with Gasteiger partial charge >= 0.3 is 6.18 Å². The molecule has 0 saturated carbocycles. The second kappa shape index (κ2) is 6.11.